The molecule has 0 spiro atoms. The Morgan fingerprint density at radius 3 is 2.81 bits per heavy atom. The predicted octanol–water partition coefficient (Wildman–Crippen LogP) is 3.53. The normalized spacial score (nSPS) is 13.0. The van der Waals surface area contributed by atoms with Crippen molar-refractivity contribution in [1.82, 2.24) is 0 Å². The molecule has 0 saturated carbocycles. The van der Waals surface area contributed by atoms with Gasteiger partial charge in [-0.3, -0.25) is 0 Å². The number of hydrogen-bond donors (Lipinski definition) is 1. The highest BCUT2D eigenvalue weighted by Gasteiger charge is 2.14. The van der Waals surface area contributed by atoms with E-state index in [-0.39, 0.29) is 10.6 Å². The molecular formula is C17H16FNOS. The van der Waals surface area contributed by atoms with Crippen molar-refractivity contribution in [3.05, 3.63) is 64.5 Å². The average molecular weight is 301 g/mol. The Bertz CT molecular complexity index is 699. The van der Waals surface area contributed by atoms with Crippen LogP contribution in [0.2, 0.25) is 0 Å². The second-order valence-electron chi connectivity index (χ2n) is 5.22. The van der Waals surface area contributed by atoms with E-state index in [0.717, 1.165) is 18.4 Å². The van der Waals surface area contributed by atoms with Crippen LogP contribution in [-0.2, 0) is 19.4 Å². The number of rotatable bonds is 4. The van der Waals surface area contributed by atoms with Gasteiger partial charge in [-0.05, 0) is 48.1 Å². The molecule has 108 valence electrons. The van der Waals surface area contributed by atoms with Crippen LogP contribution in [0.15, 0.2) is 36.4 Å². The minimum atomic E-state index is -0.450. The Morgan fingerprint density at radius 2 is 2.00 bits per heavy atom. The first kappa shape index (κ1) is 14.0. The quantitative estimate of drug-likeness (QED) is 0.878. The van der Waals surface area contributed by atoms with Crippen LogP contribution in [-0.4, -0.2) is 4.99 Å². The van der Waals surface area contributed by atoms with Gasteiger partial charge in [0.25, 0.3) is 0 Å². The van der Waals surface area contributed by atoms with E-state index in [0.29, 0.717) is 12.4 Å². The minimum Gasteiger partial charge on any atom is -0.488 e. The number of ether oxygens (including phenoxy) is 1. The summed E-state index contributed by atoms with van der Waals surface area (Å²) in [6.45, 7) is 0.381. The van der Waals surface area contributed by atoms with Crippen LogP contribution in [0.25, 0.3) is 0 Å². The number of halogens is 1. The van der Waals surface area contributed by atoms with Crippen LogP contribution in [0.5, 0.6) is 5.75 Å². The number of aryl methyl sites for hydroxylation is 2. The Morgan fingerprint density at radius 1 is 1.19 bits per heavy atom. The molecular weight excluding hydrogens is 285 g/mol. The third kappa shape index (κ3) is 2.90. The van der Waals surface area contributed by atoms with Crippen molar-refractivity contribution >= 4 is 17.2 Å². The van der Waals surface area contributed by atoms with Crippen LogP contribution >= 0.6 is 12.2 Å². The largest absolute Gasteiger partial charge is 0.488 e. The van der Waals surface area contributed by atoms with E-state index in [1.807, 2.05) is 0 Å². The molecule has 1 aliphatic carbocycles. The number of fused-ring (bicyclic) bond motifs is 1. The molecule has 0 amide bonds. The molecule has 0 unspecified atom stereocenters. The Hall–Kier alpha value is -1.94. The second-order valence-corrected chi connectivity index (χ2v) is 5.66. The summed E-state index contributed by atoms with van der Waals surface area (Å²) in [7, 11) is 0. The molecule has 4 heteroatoms. The third-order valence-electron chi connectivity index (χ3n) is 3.78. The van der Waals surface area contributed by atoms with Crippen molar-refractivity contribution in [2.45, 2.75) is 25.9 Å². The zero-order valence-electron chi connectivity index (χ0n) is 11.6. The summed E-state index contributed by atoms with van der Waals surface area (Å²) in [4.78, 5) is 0.0112. The monoisotopic (exact) mass is 301 g/mol. The lowest BCUT2D eigenvalue weighted by Gasteiger charge is -2.12. The highest BCUT2D eigenvalue weighted by Crippen LogP contribution is 2.25. The molecule has 0 fully saturated rings. The van der Waals surface area contributed by atoms with Crippen molar-refractivity contribution < 1.29 is 9.13 Å². The van der Waals surface area contributed by atoms with E-state index in [4.69, 9.17) is 22.7 Å². The fraction of sp³-hybridized carbons (Fsp3) is 0.235. The standard InChI is InChI=1S/C17H16FNOS/c18-14-5-2-6-15(16(14)17(19)21)20-10-11-7-8-12-3-1-4-13(12)9-11/h2,5-9H,1,3-4,10H2,(H2,19,21). The van der Waals surface area contributed by atoms with Crippen molar-refractivity contribution in [3.63, 3.8) is 0 Å². The molecule has 1 aliphatic rings. The summed E-state index contributed by atoms with van der Waals surface area (Å²) in [5.74, 6) is -0.0584. The van der Waals surface area contributed by atoms with Gasteiger partial charge in [-0.25, -0.2) is 4.39 Å². The van der Waals surface area contributed by atoms with Crippen molar-refractivity contribution in [3.8, 4) is 5.75 Å². The van der Waals surface area contributed by atoms with E-state index in [2.05, 4.69) is 18.2 Å². The second kappa shape index (κ2) is 5.82. The smallest absolute Gasteiger partial charge is 0.137 e. The zero-order valence-corrected chi connectivity index (χ0v) is 12.4. The molecule has 0 aliphatic heterocycles. The first-order valence-electron chi connectivity index (χ1n) is 6.97. The van der Waals surface area contributed by atoms with Gasteiger partial charge < -0.3 is 10.5 Å². The van der Waals surface area contributed by atoms with Gasteiger partial charge in [0.15, 0.2) is 0 Å². The summed E-state index contributed by atoms with van der Waals surface area (Å²) in [5, 5.41) is 0. The molecule has 3 rings (SSSR count). The lowest BCUT2D eigenvalue weighted by Crippen LogP contribution is -2.14. The lowest BCUT2D eigenvalue weighted by atomic mass is 10.1. The SMILES string of the molecule is NC(=S)c1c(F)cccc1OCc1ccc2c(c1)CCC2. The fourth-order valence-corrected chi connectivity index (χ4v) is 2.94. The van der Waals surface area contributed by atoms with E-state index < -0.39 is 5.82 Å². The summed E-state index contributed by atoms with van der Waals surface area (Å²) in [5.41, 5.74) is 9.64. The molecule has 2 nitrogen and oxygen atoms in total. The maximum Gasteiger partial charge on any atom is 0.137 e. The Kier molecular flexibility index (Phi) is 3.88. The molecule has 2 aromatic rings. The molecule has 0 atom stereocenters. The number of nitrogens with two attached hydrogens (primary N) is 1. The van der Waals surface area contributed by atoms with Crippen molar-refractivity contribution in [2.24, 2.45) is 5.73 Å². The molecule has 0 heterocycles. The third-order valence-corrected chi connectivity index (χ3v) is 3.98. The number of hydrogen-bond acceptors (Lipinski definition) is 2. The molecule has 0 radical (unpaired) electrons. The van der Waals surface area contributed by atoms with Gasteiger partial charge in [0.1, 0.15) is 23.2 Å². The zero-order chi connectivity index (χ0) is 14.8. The van der Waals surface area contributed by atoms with Gasteiger partial charge in [-0.15, -0.1) is 0 Å². The predicted molar refractivity (Wildman–Crippen MR) is 85.1 cm³/mol. The maximum atomic E-state index is 13.8. The van der Waals surface area contributed by atoms with Gasteiger partial charge in [0, 0.05) is 0 Å². The van der Waals surface area contributed by atoms with Gasteiger partial charge >= 0.3 is 0 Å². The van der Waals surface area contributed by atoms with Crippen LogP contribution in [0.3, 0.4) is 0 Å². The van der Waals surface area contributed by atoms with Crippen molar-refractivity contribution in [2.75, 3.05) is 0 Å². The van der Waals surface area contributed by atoms with Gasteiger partial charge in [0.05, 0.1) is 5.56 Å². The first-order valence-corrected chi connectivity index (χ1v) is 7.38. The Labute approximate surface area is 128 Å². The average Bonchev–Trinajstić information content (AvgIpc) is 2.92. The molecule has 0 saturated heterocycles. The van der Waals surface area contributed by atoms with Crippen LogP contribution in [0.4, 0.5) is 4.39 Å². The van der Waals surface area contributed by atoms with Crippen LogP contribution < -0.4 is 10.5 Å². The summed E-state index contributed by atoms with van der Waals surface area (Å²) < 4.78 is 19.5. The first-order chi connectivity index (χ1) is 10.1. The van der Waals surface area contributed by atoms with Crippen LogP contribution in [0.1, 0.15) is 28.7 Å². The van der Waals surface area contributed by atoms with E-state index >= 15 is 0 Å². The van der Waals surface area contributed by atoms with E-state index in [1.165, 1.54) is 23.6 Å². The summed E-state index contributed by atoms with van der Waals surface area (Å²) >= 11 is 4.89. The molecule has 0 bridgehead atoms. The number of benzene rings is 2. The topological polar surface area (TPSA) is 35.2 Å². The fourth-order valence-electron chi connectivity index (χ4n) is 2.74. The van der Waals surface area contributed by atoms with Gasteiger partial charge in [-0.1, -0.05) is 36.5 Å². The Balaban J connectivity index is 1.79. The van der Waals surface area contributed by atoms with Gasteiger partial charge in [-0.2, -0.15) is 0 Å². The van der Waals surface area contributed by atoms with Gasteiger partial charge in [0.2, 0.25) is 0 Å². The molecule has 2 N–H and O–H groups in total. The number of thiocarbonyl (C=S) groups is 1. The summed E-state index contributed by atoms with van der Waals surface area (Å²) in [6.07, 6.45) is 3.50. The van der Waals surface area contributed by atoms with Crippen LogP contribution in [0, 0.1) is 5.82 Å². The molecule has 21 heavy (non-hydrogen) atoms. The molecule has 2 aromatic carbocycles. The minimum absolute atomic E-state index is 0.0112. The highest BCUT2D eigenvalue weighted by atomic mass is 32.1. The van der Waals surface area contributed by atoms with Crippen molar-refractivity contribution in [1.29, 1.82) is 0 Å². The summed E-state index contributed by atoms with van der Waals surface area (Å²) in [6, 6.07) is 11.0. The molecule has 0 aromatic heterocycles. The van der Waals surface area contributed by atoms with E-state index in [1.54, 1.807) is 12.1 Å². The maximum absolute atomic E-state index is 13.8. The highest BCUT2D eigenvalue weighted by molar-refractivity contribution is 7.80. The van der Waals surface area contributed by atoms with E-state index in [9.17, 15) is 4.39 Å². The lowest BCUT2D eigenvalue weighted by molar-refractivity contribution is 0.304.